The molecule has 11 heteroatoms. The highest BCUT2D eigenvalue weighted by Crippen LogP contribution is 2.36. The fourth-order valence-corrected chi connectivity index (χ4v) is 4.71. The van der Waals surface area contributed by atoms with Crippen LogP contribution in [-0.2, 0) is 26.2 Å². The monoisotopic (exact) mass is 509 g/mol. The van der Waals surface area contributed by atoms with Crippen LogP contribution in [0.4, 0.5) is 5.69 Å². The number of anilines is 1. The fraction of sp³-hybridized carbons (Fsp3) is 0.391. The summed E-state index contributed by atoms with van der Waals surface area (Å²) in [5.74, 6) is 0.467. The van der Waals surface area contributed by atoms with Gasteiger partial charge in [0.1, 0.15) is 6.04 Å². The summed E-state index contributed by atoms with van der Waals surface area (Å²) in [4.78, 5) is 26.9. The van der Waals surface area contributed by atoms with E-state index in [1.807, 2.05) is 0 Å². The van der Waals surface area contributed by atoms with E-state index in [2.05, 4.69) is 5.32 Å². The van der Waals surface area contributed by atoms with Crippen molar-refractivity contribution >= 4 is 39.1 Å². The minimum atomic E-state index is -3.60. The number of halogens is 1. The number of hydrogen-bond acceptors (Lipinski definition) is 6. The predicted octanol–water partition coefficient (Wildman–Crippen LogP) is 2.78. The third-order valence-corrected chi connectivity index (χ3v) is 6.92. The van der Waals surface area contributed by atoms with Crippen LogP contribution in [0.15, 0.2) is 42.5 Å². The van der Waals surface area contributed by atoms with Crippen LogP contribution < -0.4 is 19.1 Å². The van der Waals surface area contributed by atoms with Crippen molar-refractivity contribution in [3.05, 3.63) is 53.1 Å². The molecule has 184 valence electrons. The van der Waals surface area contributed by atoms with Crippen molar-refractivity contribution in [1.82, 2.24) is 10.2 Å². The lowest BCUT2D eigenvalue weighted by atomic mass is 10.1. The number of amides is 2. The molecule has 0 aromatic heterocycles. The highest BCUT2D eigenvalue weighted by Gasteiger charge is 2.26. The summed E-state index contributed by atoms with van der Waals surface area (Å²) in [6, 6.07) is 11.2. The van der Waals surface area contributed by atoms with Crippen molar-refractivity contribution in [2.45, 2.75) is 32.4 Å². The number of sulfonamides is 1. The van der Waals surface area contributed by atoms with E-state index in [0.29, 0.717) is 22.2 Å². The maximum atomic E-state index is 13.1. The van der Waals surface area contributed by atoms with Gasteiger partial charge in [0.2, 0.25) is 28.6 Å². The Morgan fingerprint density at radius 3 is 2.44 bits per heavy atom. The second kappa shape index (κ2) is 11.0. The van der Waals surface area contributed by atoms with Gasteiger partial charge in [-0.15, -0.1) is 0 Å². The van der Waals surface area contributed by atoms with Gasteiger partial charge < -0.3 is 19.7 Å². The molecule has 1 aliphatic heterocycles. The van der Waals surface area contributed by atoms with E-state index in [9.17, 15) is 18.0 Å². The second-order valence-corrected chi connectivity index (χ2v) is 10.3. The zero-order valence-electron chi connectivity index (χ0n) is 19.3. The van der Waals surface area contributed by atoms with Gasteiger partial charge in [-0.2, -0.15) is 0 Å². The Balaban J connectivity index is 1.71. The summed E-state index contributed by atoms with van der Waals surface area (Å²) >= 11 is 5.95. The smallest absolute Gasteiger partial charge is 0.242 e. The molecule has 0 radical (unpaired) electrons. The topological polar surface area (TPSA) is 105 Å². The lowest BCUT2D eigenvalue weighted by molar-refractivity contribution is -0.140. The molecule has 0 spiro atoms. The highest BCUT2D eigenvalue weighted by molar-refractivity contribution is 7.92. The van der Waals surface area contributed by atoms with Crippen LogP contribution in [0.5, 0.6) is 11.5 Å². The van der Waals surface area contributed by atoms with Crippen molar-refractivity contribution in [1.29, 1.82) is 0 Å². The minimum Gasteiger partial charge on any atom is -0.454 e. The van der Waals surface area contributed by atoms with Crippen molar-refractivity contribution in [2.75, 3.05) is 30.9 Å². The lowest BCUT2D eigenvalue weighted by Gasteiger charge is -2.29. The summed E-state index contributed by atoms with van der Waals surface area (Å²) in [7, 11) is -2.09. The Labute approximate surface area is 204 Å². The number of fused-ring (bicyclic) bond motifs is 1. The number of benzene rings is 2. The Kier molecular flexibility index (Phi) is 8.27. The second-order valence-electron chi connectivity index (χ2n) is 7.91. The molecule has 0 fully saturated rings. The maximum absolute atomic E-state index is 13.1. The quantitative estimate of drug-likeness (QED) is 0.528. The van der Waals surface area contributed by atoms with E-state index in [0.717, 1.165) is 11.8 Å². The van der Waals surface area contributed by atoms with E-state index >= 15 is 0 Å². The number of nitrogens with zero attached hydrogens (tertiary/aromatic N) is 2. The number of hydrogen-bond donors (Lipinski definition) is 1. The summed E-state index contributed by atoms with van der Waals surface area (Å²) in [5.41, 5.74) is 1.25. The maximum Gasteiger partial charge on any atom is 0.242 e. The third-order valence-electron chi connectivity index (χ3n) is 5.48. The first-order valence-electron chi connectivity index (χ1n) is 10.7. The molecular weight excluding hydrogens is 482 g/mol. The van der Waals surface area contributed by atoms with E-state index in [1.54, 1.807) is 49.4 Å². The first-order chi connectivity index (χ1) is 16.1. The van der Waals surface area contributed by atoms with E-state index in [1.165, 1.54) is 16.3 Å². The molecule has 0 saturated heterocycles. The number of nitrogens with one attached hydrogen (secondary N) is 1. The molecule has 9 nitrogen and oxygen atoms in total. The first kappa shape index (κ1) is 25.6. The van der Waals surface area contributed by atoms with Crippen LogP contribution in [0.3, 0.4) is 0 Å². The van der Waals surface area contributed by atoms with Gasteiger partial charge in [0, 0.05) is 37.6 Å². The van der Waals surface area contributed by atoms with Gasteiger partial charge >= 0.3 is 0 Å². The van der Waals surface area contributed by atoms with Crippen molar-refractivity contribution in [3.63, 3.8) is 0 Å². The van der Waals surface area contributed by atoms with Crippen LogP contribution in [0.1, 0.15) is 25.3 Å². The number of rotatable bonds is 10. The molecule has 1 atom stereocenters. The number of carbonyl (C=O) groups is 2. The predicted molar refractivity (Wildman–Crippen MR) is 130 cm³/mol. The number of ether oxygens (including phenoxy) is 2. The van der Waals surface area contributed by atoms with Gasteiger partial charge in [0.15, 0.2) is 11.5 Å². The Hall–Kier alpha value is -2.98. The average molecular weight is 510 g/mol. The Morgan fingerprint density at radius 2 is 1.79 bits per heavy atom. The Bertz CT molecular complexity index is 1140. The van der Waals surface area contributed by atoms with Crippen LogP contribution in [0, 0.1) is 0 Å². The van der Waals surface area contributed by atoms with E-state index in [-0.39, 0.29) is 44.5 Å². The molecule has 1 heterocycles. The summed E-state index contributed by atoms with van der Waals surface area (Å²) in [5, 5.41) is 3.14. The molecule has 0 aliphatic carbocycles. The molecule has 1 N–H and O–H groups in total. The molecule has 3 rings (SSSR count). The zero-order chi connectivity index (χ0) is 24.9. The zero-order valence-corrected chi connectivity index (χ0v) is 20.9. The van der Waals surface area contributed by atoms with Crippen molar-refractivity contribution < 1.29 is 27.5 Å². The molecule has 0 unspecified atom stereocenters. The van der Waals surface area contributed by atoms with Crippen LogP contribution >= 0.6 is 11.6 Å². The fourth-order valence-electron chi connectivity index (χ4n) is 3.62. The van der Waals surface area contributed by atoms with Crippen molar-refractivity contribution in [2.24, 2.45) is 0 Å². The van der Waals surface area contributed by atoms with Crippen LogP contribution in [0.25, 0.3) is 0 Å². The molecule has 0 bridgehead atoms. The SMILES string of the molecule is CNC(=O)[C@H](C)N(Cc1ccc(Cl)cc1)C(=O)CCCN(c1ccc2c(c1)OCO2)S(C)(=O)=O. The lowest BCUT2D eigenvalue weighted by Crippen LogP contribution is -2.46. The largest absolute Gasteiger partial charge is 0.454 e. The first-order valence-corrected chi connectivity index (χ1v) is 13.0. The number of likely N-dealkylation sites (N-methyl/N-ethyl adjacent to an activating group) is 1. The highest BCUT2D eigenvalue weighted by atomic mass is 35.5. The van der Waals surface area contributed by atoms with E-state index < -0.39 is 16.1 Å². The molecule has 1 aliphatic rings. The molecule has 0 saturated carbocycles. The summed E-state index contributed by atoms with van der Waals surface area (Å²) in [6.45, 7) is 2.05. The van der Waals surface area contributed by atoms with Gasteiger partial charge in [-0.1, -0.05) is 23.7 Å². The number of carbonyl (C=O) groups excluding carboxylic acids is 2. The molecule has 34 heavy (non-hydrogen) atoms. The van der Waals surface area contributed by atoms with Crippen LogP contribution in [-0.4, -0.2) is 57.8 Å². The molecule has 2 aromatic carbocycles. The molecular formula is C23H28ClN3O6S. The summed E-state index contributed by atoms with van der Waals surface area (Å²) in [6.07, 6.45) is 1.43. The molecule has 2 aromatic rings. The van der Waals surface area contributed by atoms with Gasteiger partial charge in [-0.3, -0.25) is 13.9 Å². The van der Waals surface area contributed by atoms with E-state index in [4.69, 9.17) is 21.1 Å². The van der Waals surface area contributed by atoms with Crippen LogP contribution in [0.2, 0.25) is 5.02 Å². The Morgan fingerprint density at radius 1 is 1.12 bits per heavy atom. The third kappa shape index (κ3) is 6.32. The van der Waals surface area contributed by atoms with Gasteiger partial charge in [0.05, 0.1) is 11.9 Å². The van der Waals surface area contributed by atoms with Gasteiger partial charge in [-0.25, -0.2) is 8.42 Å². The standard InChI is InChI=1S/C23H28ClN3O6S/c1-16(23(29)25-2)26(14-17-6-8-18(24)9-7-17)22(28)5-4-12-27(34(3,30)31)19-10-11-20-21(13-19)33-15-32-20/h6-11,13,16H,4-5,12,14-15H2,1-3H3,(H,25,29)/t16-/m0/s1. The normalized spacial score (nSPS) is 13.3. The van der Waals surface area contributed by atoms with Gasteiger partial charge in [0.25, 0.3) is 0 Å². The average Bonchev–Trinajstić information content (AvgIpc) is 3.27. The molecule has 2 amide bonds. The van der Waals surface area contributed by atoms with Gasteiger partial charge in [-0.05, 0) is 43.2 Å². The summed E-state index contributed by atoms with van der Waals surface area (Å²) < 4.78 is 36.7. The van der Waals surface area contributed by atoms with Crippen molar-refractivity contribution in [3.8, 4) is 11.5 Å². The minimum absolute atomic E-state index is 0.0610.